The number of esters is 2. The summed E-state index contributed by atoms with van der Waals surface area (Å²) in [5, 5.41) is 1.81. The molecule has 2 aromatic carbocycles. The first-order valence-electron chi connectivity index (χ1n) is 8.36. The minimum absolute atomic E-state index is 0.0507. The van der Waals surface area contributed by atoms with Crippen molar-refractivity contribution in [2.24, 2.45) is 0 Å². The van der Waals surface area contributed by atoms with Crippen LogP contribution >= 0.6 is 0 Å². The van der Waals surface area contributed by atoms with Gasteiger partial charge >= 0.3 is 11.9 Å². The lowest BCUT2D eigenvalue weighted by Gasteiger charge is -2.13. The largest absolute Gasteiger partial charge is 0.465 e. The number of rotatable bonds is 5. The number of amides is 2. The molecular formula is C20H17NO6. The van der Waals surface area contributed by atoms with Crippen molar-refractivity contribution in [3.8, 4) is 0 Å². The number of hydrogen-bond donors (Lipinski definition) is 0. The van der Waals surface area contributed by atoms with Crippen molar-refractivity contribution >= 4 is 40.1 Å². The Bertz CT molecular complexity index is 991. The first kappa shape index (κ1) is 18.3. The van der Waals surface area contributed by atoms with Gasteiger partial charge in [-0.1, -0.05) is 36.4 Å². The summed E-state index contributed by atoms with van der Waals surface area (Å²) in [4.78, 5) is 49.3. The van der Waals surface area contributed by atoms with Crippen LogP contribution in [-0.2, 0) is 28.7 Å². The van der Waals surface area contributed by atoms with E-state index >= 15 is 0 Å². The lowest BCUT2D eigenvalue weighted by atomic mass is 10.0. The number of fused-ring (bicyclic) bond motifs is 1. The zero-order valence-electron chi connectivity index (χ0n) is 14.9. The molecule has 2 aromatic rings. The van der Waals surface area contributed by atoms with Gasteiger partial charge in [-0.25, -0.2) is 0 Å². The third kappa shape index (κ3) is 3.57. The van der Waals surface area contributed by atoms with E-state index in [9.17, 15) is 19.2 Å². The van der Waals surface area contributed by atoms with Crippen LogP contribution in [0.15, 0.2) is 48.2 Å². The molecule has 0 atom stereocenters. The van der Waals surface area contributed by atoms with E-state index < -0.39 is 30.3 Å². The number of benzene rings is 2. The summed E-state index contributed by atoms with van der Waals surface area (Å²) >= 11 is 0. The van der Waals surface area contributed by atoms with Crippen molar-refractivity contribution in [3.05, 3.63) is 53.8 Å². The molecule has 0 aromatic heterocycles. The minimum atomic E-state index is -0.841. The second-order valence-electron chi connectivity index (χ2n) is 5.86. The van der Waals surface area contributed by atoms with E-state index in [4.69, 9.17) is 9.47 Å². The van der Waals surface area contributed by atoms with E-state index in [2.05, 4.69) is 0 Å². The third-order valence-electron chi connectivity index (χ3n) is 4.00. The molecule has 0 fully saturated rings. The number of ether oxygens (including phenoxy) is 2. The van der Waals surface area contributed by atoms with Gasteiger partial charge in [-0.3, -0.25) is 24.1 Å². The molecular weight excluding hydrogens is 350 g/mol. The first-order valence-corrected chi connectivity index (χ1v) is 8.36. The average Bonchev–Trinajstić information content (AvgIpc) is 2.85. The maximum atomic E-state index is 12.8. The summed E-state index contributed by atoms with van der Waals surface area (Å²) in [6, 6.07) is 12.7. The molecule has 7 heteroatoms. The molecule has 138 valence electrons. The number of nitrogens with zero attached hydrogens (tertiary/aromatic N) is 1. The molecule has 0 unspecified atom stereocenters. The molecule has 3 rings (SSSR count). The van der Waals surface area contributed by atoms with Gasteiger partial charge in [0.1, 0.15) is 6.54 Å². The summed E-state index contributed by atoms with van der Waals surface area (Å²) in [5.74, 6) is -3.39. The maximum Gasteiger partial charge on any atom is 0.326 e. The van der Waals surface area contributed by atoms with Crippen LogP contribution in [0.3, 0.4) is 0 Å². The Kier molecular flexibility index (Phi) is 5.03. The highest BCUT2D eigenvalue weighted by molar-refractivity contribution is 6.36. The van der Waals surface area contributed by atoms with Gasteiger partial charge in [-0.05, 0) is 29.3 Å². The Balaban J connectivity index is 2.05. The van der Waals surface area contributed by atoms with Crippen LogP contribution in [0.4, 0.5) is 0 Å². The molecule has 27 heavy (non-hydrogen) atoms. The van der Waals surface area contributed by atoms with Gasteiger partial charge in [0.05, 0.1) is 12.2 Å². The van der Waals surface area contributed by atoms with Crippen molar-refractivity contribution in [3.63, 3.8) is 0 Å². The van der Waals surface area contributed by atoms with Gasteiger partial charge < -0.3 is 9.47 Å². The van der Waals surface area contributed by atoms with Crippen molar-refractivity contribution in [2.75, 3.05) is 13.2 Å². The molecule has 0 saturated carbocycles. The van der Waals surface area contributed by atoms with Crippen molar-refractivity contribution in [1.82, 2.24) is 4.90 Å². The highest BCUT2D eigenvalue weighted by Gasteiger charge is 2.42. The van der Waals surface area contributed by atoms with Crippen LogP contribution in [0, 0.1) is 0 Å². The summed E-state index contributed by atoms with van der Waals surface area (Å²) in [5.41, 5.74) is 0.375. The zero-order chi connectivity index (χ0) is 19.6. The second kappa shape index (κ2) is 7.41. The Hall–Kier alpha value is -3.48. The molecule has 0 aliphatic carbocycles. The molecule has 0 spiro atoms. The quantitative estimate of drug-likeness (QED) is 0.593. The molecule has 1 heterocycles. The summed E-state index contributed by atoms with van der Waals surface area (Å²) in [6.45, 7) is 2.33. The van der Waals surface area contributed by atoms with Crippen LogP contribution in [0.25, 0.3) is 16.3 Å². The van der Waals surface area contributed by atoms with Crippen molar-refractivity contribution in [2.45, 2.75) is 13.8 Å². The summed E-state index contributed by atoms with van der Waals surface area (Å²) in [6.07, 6.45) is 0. The fourth-order valence-corrected chi connectivity index (χ4v) is 2.87. The van der Waals surface area contributed by atoms with E-state index in [0.29, 0.717) is 5.56 Å². The van der Waals surface area contributed by atoms with Gasteiger partial charge in [0.2, 0.25) is 5.76 Å². The van der Waals surface area contributed by atoms with Crippen LogP contribution in [0.1, 0.15) is 19.4 Å². The lowest BCUT2D eigenvalue weighted by Crippen LogP contribution is -2.37. The second-order valence-corrected chi connectivity index (χ2v) is 5.86. The molecule has 0 bridgehead atoms. The highest BCUT2D eigenvalue weighted by atomic mass is 16.5. The summed E-state index contributed by atoms with van der Waals surface area (Å²) in [7, 11) is 0. The smallest absolute Gasteiger partial charge is 0.326 e. The van der Waals surface area contributed by atoms with Crippen LogP contribution in [0.2, 0.25) is 0 Å². The standard InChI is InChI=1S/C20H17NO6/c1-3-26-16(23)11-21-19(24)17(18(20(21)25)27-12(2)22)15-9-8-13-6-4-5-7-14(13)10-15/h4-10H,3,11H2,1-2H3. The van der Waals surface area contributed by atoms with Crippen molar-refractivity contribution < 1.29 is 28.7 Å². The molecule has 7 nitrogen and oxygen atoms in total. The molecule has 0 saturated heterocycles. The number of carbonyl (C=O) groups excluding carboxylic acids is 4. The molecule has 0 N–H and O–H groups in total. The molecule has 1 aliphatic heterocycles. The number of carbonyl (C=O) groups is 4. The fraction of sp³-hybridized carbons (Fsp3) is 0.200. The Morgan fingerprint density at radius 3 is 2.37 bits per heavy atom. The Morgan fingerprint density at radius 1 is 1.00 bits per heavy atom. The topological polar surface area (TPSA) is 90.0 Å². The van der Waals surface area contributed by atoms with Crippen LogP contribution in [0.5, 0.6) is 0 Å². The van der Waals surface area contributed by atoms with E-state index in [1.54, 1.807) is 25.1 Å². The monoisotopic (exact) mass is 367 g/mol. The highest BCUT2D eigenvalue weighted by Crippen LogP contribution is 2.32. The van der Waals surface area contributed by atoms with E-state index in [1.165, 1.54) is 0 Å². The average molecular weight is 367 g/mol. The van der Waals surface area contributed by atoms with Gasteiger partial charge in [-0.2, -0.15) is 0 Å². The molecule has 1 aliphatic rings. The van der Waals surface area contributed by atoms with Crippen LogP contribution < -0.4 is 0 Å². The van der Waals surface area contributed by atoms with E-state index in [1.807, 2.05) is 24.3 Å². The maximum absolute atomic E-state index is 12.8. The van der Waals surface area contributed by atoms with Crippen molar-refractivity contribution in [1.29, 1.82) is 0 Å². The predicted molar refractivity (Wildman–Crippen MR) is 96.0 cm³/mol. The fourth-order valence-electron chi connectivity index (χ4n) is 2.87. The van der Waals surface area contributed by atoms with Gasteiger partial charge in [0, 0.05) is 6.92 Å². The van der Waals surface area contributed by atoms with Gasteiger partial charge in [-0.15, -0.1) is 0 Å². The van der Waals surface area contributed by atoms with Gasteiger partial charge in [0.15, 0.2) is 0 Å². The first-order chi connectivity index (χ1) is 12.9. The van der Waals surface area contributed by atoms with Crippen LogP contribution in [-0.4, -0.2) is 41.8 Å². The normalized spacial score (nSPS) is 14.1. The van der Waals surface area contributed by atoms with E-state index in [0.717, 1.165) is 22.6 Å². The molecule has 0 radical (unpaired) electrons. The minimum Gasteiger partial charge on any atom is -0.465 e. The lowest BCUT2D eigenvalue weighted by molar-refractivity contribution is -0.152. The summed E-state index contributed by atoms with van der Waals surface area (Å²) < 4.78 is 9.83. The number of hydrogen-bond acceptors (Lipinski definition) is 6. The zero-order valence-corrected chi connectivity index (χ0v) is 14.9. The Labute approximate surface area is 155 Å². The number of imide groups is 1. The van der Waals surface area contributed by atoms with Gasteiger partial charge in [0.25, 0.3) is 11.8 Å². The van der Waals surface area contributed by atoms with E-state index in [-0.39, 0.29) is 17.9 Å². The SMILES string of the molecule is CCOC(=O)CN1C(=O)C(OC(C)=O)=C(c2ccc3ccccc3c2)C1=O. The third-order valence-corrected chi connectivity index (χ3v) is 4.00. The molecule has 2 amide bonds. The Morgan fingerprint density at radius 2 is 1.70 bits per heavy atom. The predicted octanol–water partition coefficient (Wildman–Crippen LogP) is 2.05.